The van der Waals surface area contributed by atoms with Gasteiger partial charge < -0.3 is 31.3 Å². The molecule has 0 unspecified atom stereocenters. The molecule has 0 saturated heterocycles. The first-order valence-electron chi connectivity index (χ1n) is 4.49. The Morgan fingerprint density at radius 3 is 1.81 bits per heavy atom. The molecule has 0 fully saturated rings. The third kappa shape index (κ3) is 4.21. The molecule has 0 aromatic rings. The molecule has 0 radical (unpaired) electrons. The van der Waals surface area contributed by atoms with E-state index in [1.54, 1.807) is 0 Å². The van der Waals surface area contributed by atoms with E-state index in [1.807, 2.05) is 0 Å². The molecule has 0 aromatic carbocycles. The lowest BCUT2D eigenvalue weighted by Crippen LogP contribution is -2.48. The Balaban J connectivity index is 4.32. The van der Waals surface area contributed by atoms with Crippen LogP contribution in [-0.4, -0.2) is 68.2 Å². The van der Waals surface area contributed by atoms with E-state index in [0.29, 0.717) is 0 Å². The molecular formula is C8H15NO7. The van der Waals surface area contributed by atoms with Gasteiger partial charge in [0, 0.05) is 13.0 Å². The molecule has 4 atom stereocenters. The second kappa shape index (κ2) is 6.51. The third-order valence-corrected chi connectivity index (χ3v) is 2.01. The Morgan fingerprint density at radius 2 is 1.44 bits per heavy atom. The Morgan fingerprint density at radius 1 is 1.00 bits per heavy atom. The predicted molar refractivity (Wildman–Crippen MR) is 50.3 cm³/mol. The SMILES string of the molecule is NC[C@@H](O)[C@@H](O)[C@H](O)[C@H](O)CC(=O)C(=O)O. The summed E-state index contributed by atoms with van der Waals surface area (Å²) in [5, 5.41) is 44.9. The Kier molecular flexibility index (Phi) is 6.08. The number of carboxylic acids is 1. The van der Waals surface area contributed by atoms with Gasteiger partial charge in [-0.05, 0) is 0 Å². The number of Topliss-reactive ketones (excluding diaryl/α,β-unsaturated/α-hetero) is 1. The lowest BCUT2D eigenvalue weighted by molar-refractivity contribution is -0.152. The van der Waals surface area contributed by atoms with Crippen molar-refractivity contribution in [3.05, 3.63) is 0 Å². The summed E-state index contributed by atoms with van der Waals surface area (Å²) in [5.74, 6) is -3.05. The van der Waals surface area contributed by atoms with E-state index in [-0.39, 0.29) is 6.54 Å². The molecular weight excluding hydrogens is 222 g/mol. The summed E-state index contributed by atoms with van der Waals surface area (Å²) >= 11 is 0. The number of carbonyl (C=O) groups is 2. The van der Waals surface area contributed by atoms with Crippen LogP contribution < -0.4 is 5.73 Å². The lowest BCUT2D eigenvalue weighted by atomic mass is 9.99. The van der Waals surface area contributed by atoms with Crippen molar-refractivity contribution in [2.75, 3.05) is 6.54 Å². The normalized spacial score (nSPS) is 18.6. The van der Waals surface area contributed by atoms with Gasteiger partial charge in [0.25, 0.3) is 0 Å². The van der Waals surface area contributed by atoms with Crippen molar-refractivity contribution in [3.8, 4) is 0 Å². The van der Waals surface area contributed by atoms with Crippen LogP contribution in [0.15, 0.2) is 0 Å². The molecule has 0 rings (SSSR count). The van der Waals surface area contributed by atoms with Crippen LogP contribution in [0.3, 0.4) is 0 Å². The zero-order valence-electron chi connectivity index (χ0n) is 8.35. The fraction of sp³-hybridized carbons (Fsp3) is 0.750. The van der Waals surface area contributed by atoms with Crippen molar-refractivity contribution < 1.29 is 35.1 Å². The number of aliphatic carboxylic acids is 1. The molecule has 0 heterocycles. The molecule has 8 heteroatoms. The fourth-order valence-electron chi connectivity index (χ4n) is 0.993. The van der Waals surface area contributed by atoms with Gasteiger partial charge in [-0.3, -0.25) is 4.79 Å². The van der Waals surface area contributed by atoms with Crippen molar-refractivity contribution in [3.63, 3.8) is 0 Å². The molecule has 0 bridgehead atoms. The first kappa shape index (κ1) is 14.9. The van der Waals surface area contributed by atoms with Crippen LogP contribution in [0.2, 0.25) is 0 Å². The summed E-state index contributed by atoms with van der Waals surface area (Å²) in [5.41, 5.74) is 5.00. The van der Waals surface area contributed by atoms with Crippen LogP contribution in [0.5, 0.6) is 0 Å². The van der Waals surface area contributed by atoms with Crippen molar-refractivity contribution in [1.82, 2.24) is 0 Å². The Bertz CT molecular complexity index is 257. The van der Waals surface area contributed by atoms with Gasteiger partial charge >= 0.3 is 5.97 Å². The number of hydrogen-bond donors (Lipinski definition) is 6. The minimum absolute atomic E-state index is 0.349. The monoisotopic (exact) mass is 237 g/mol. The van der Waals surface area contributed by atoms with Crippen molar-refractivity contribution in [2.45, 2.75) is 30.8 Å². The summed E-state index contributed by atoms with van der Waals surface area (Å²) in [7, 11) is 0. The van der Waals surface area contributed by atoms with E-state index in [2.05, 4.69) is 0 Å². The molecule has 0 aliphatic rings. The van der Waals surface area contributed by atoms with Crippen molar-refractivity contribution in [1.29, 1.82) is 0 Å². The maximum atomic E-state index is 10.7. The largest absolute Gasteiger partial charge is 0.475 e. The maximum absolute atomic E-state index is 10.7. The molecule has 16 heavy (non-hydrogen) atoms. The molecule has 0 aromatic heterocycles. The molecule has 0 saturated carbocycles. The van der Waals surface area contributed by atoms with Crippen LogP contribution in [0.25, 0.3) is 0 Å². The van der Waals surface area contributed by atoms with Gasteiger partial charge in [0.2, 0.25) is 5.78 Å². The Hall–Kier alpha value is -1.06. The number of hydrogen-bond acceptors (Lipinski definition) is 7. The predicted octanol–water partition coefficient (Wildman–Crippen LogP) is -3.57. The third-order valence-electron chi connectivity index (χ3n) is 2.01. The molecule has 0 spiro atoms. The van der Waals surface area contributed by atoms with E-state index in [9.17, 15) is 24.9 Å². The van der Waals surface area contributed by atoms with Crippen molar-refractivity contribution in [2.24, 2.45) is 5.73 Å². The number of aliphatic hydroxyl groups is 4. The van der Waals surface area contributed by atoms with E-state index in [1.165, 1.54) is 0 Å². The molecule has 0 aliphatic carbocycles. The zero-order valence-corrected chi connectivity index (χ0v) is 8.35. The summed E-state index contributed by atoms with van der Waals surface area (Å²) in [6.45, 7) is -0.349. The maximum Gasteiger partial charge on any atom is 0.372 e. The average molecular weight is 237 g/mol. The van der Waals surface area contributed by atoms with Gasteiger partial charge in [0.05, 0.1) is 12.2 Å². The highest BCUT2D eigenvalue weighted by Gasteiger charge is 2.31. The molecule has 0 aliphatic heterocycles. The summed E-state index contributed by atoms with van der Waals surface area (Å²) in [4.78, 5) is 20.8. The minimum Gasteiger partial charge on any atom is -0.475 e. The van der Waals surface area contributed by atoms with Gasteiger partial charge in [-0.15, -0.1) is 0 Å². The minimum atomic E-state index is -1.85. The molecule has 8 nitrogen and oxygen atoms in total. The highest BCUT2D eigenvalue weighted by Crippen LogP contribution is 2.08. The molecule has 7 N–H and O–H groups in total. The van der Waals surface area contributed by atoms with E-state index in [0.717, 1.165) is 0 Å². The smallest absolute Gasteiger partial charge is 0.372 e. The summed E-state index contributed by atoms with van der Waals surface area (Å²) < 4.78 is 0. The van der Waals surface area contributed by atoms with E-state index < -0.39 is 42.6 Å². The van der Waals surface area contributed by atoms with Crippen LogP contribution in [-0.2, 0) is 9.59 Å². The van der Waals surface area contributed by atoms with Crippen LogP contribution in [0, 0.1) is 0 Å². The zero-order chi connectivity index (χ0) is 12.9. The highest BCUT2D eigenvalue weighted by molar-refractivity contribution is 6.32. The van der Waals surface area contributed by atoms with E-state index >= 15 is 0 Å². The topological polar surface area (TPSA) is 161 Å². The number of ketones is 1. The van der Waals surface area contributed by atoms with Gasteiger partial charge in [-0.2, -0.15) is 0 Å². The number of carbonyl (C=O) groups excluding carboxylic acids is 1. The second-order valence-electron chi connectivity index (χ2n) is 3.28. The standard InChI is InChI=1S/C8H15NO7/c9-2-5(12)7(14)6(13)3(10)1-4(11)8(15)16/h3,5-7,10,12-14H,1-2,9H2,(H,15,16)/t3-,5-,6-,7-/m1/s1. The quantitative estimate of drug-likeness (QED) is 0.248. The highest BCUT2D eigenvalue weighted by atomic mass is 16.4. The van der Waals surface area contributed by atoms with E-state index in [4.69, 9.17) is 15.9 Å². The fourth-order valence-corrected chi connectivity index (χ4v) is 0.993. The number of carboxylic acid groups (broad SMARTS) is 1. The lowest BCUT2D eigenvalue weighted by Gasteiger charge is -2.25. The van der Waals surface area contributed by atoms with Gasteiger partial charge in [-0.1, -0.05) is 0 Å². The molecule has 0 amide bonds. The first-order chi connectivity index (χ1) is 7.31. The molecule has 94 valence electrons. The second-order valence-corrected chi connectivity index (χ2v) is 3.28. The summed E-state index contributed by atoms with van der Waals surface area (Å²) in [6.07, 6.45) is -7.70. The first-order valence-corrected chi connectivity index (χ1v) is 4.49. The van der Waals surface area contributed by atoms with Crippen LogP contribution in [0.4, 0.5) is 0 Å². The van der Waals surface area contributed by atoms with Gasteiger partial charge in [0.15, 0.2) is 0 Å². The number of aliphatic hydroxyl groups excluding tert-OH is 4. The van der Waals surface area contributed by atoms with Crippen molar-refractivity contribution >= 4 is 11.8 Å². The van der Waals surface area contributed by atoms with Crippen LogP contribution >= 0.6 is 0 Å². The average Bonchev–Trinajstić information content (AvgIpc) is 2.25. The van der Waals surface area contributed by atoms with Gasteiger partial charge in [0.1, 0.15) is 12.2 Å². The van der Waals surface area contributed by atoms with Crippen LogP contribution in [0.1, 0.15) is 6.42 Å². The van der Waals surface area contributed by atoms with Gasteiger partial charge in [-0.25, -0.2) is 4.79 Å². The number of nitrogens with two attached hydrogens (primary N) is 1. The Labute approximate surface area is 90.9 Å². The summed E-state index contributed by atoms with van der Waals surface area (Å²) in [6, 6.07) is 0. The number of rotatable bonds is 7.